The standard InChI is InChI=1S/C18H13ClN2O3S/c1-10-8-11(2-7-15(10)22)9-14-16(23)20-18(25)21(17(14)24)13-5-3-12(19)4-6-13/h2-9,22H,1H3,(H,20,23,25). The number of benzene rings is 2. The Kier molecular flexibility index (Phi) is 4.57. The number of carbonyl (C=O) groups excluding carboxylic acids is 2. The van der Waals surface area contributed by atoms with Crippen LogP contribution < -0.4 is 10.2 Å². The van der Waals surface area contributed by atoms with Crippen LogP contribution >= 0.6 is 23.8 Å². The summed E-state index contributed by atoms with van der Waals surface area (Å²) in [5.74, 6) is -0.946. The van der Waals surface area contributed by atoms with Crippen LogP contribution in [0.15, 0.2) is 48.0 Å². The first kappa shape index (κ1) is 17.1. The molecule has 1 aliphatic rings. The Hall–Kier alpha value is -2.70. The van der Waals surface area contributed by atoms with E-state index in [1.807, 2.05) is 0 Å². The van der Waals surface area contributed by atoms with E-state index in [9.17, 15) is 14.7 Å². The van der Waals surface area contributed by atoms with Gasteiger partial charge in [0.2, 0.25) is 0 Å². The van der Waals surface area contributed by atoms with Crippen molar-refractivity contribution in [3.05, 3.63) is 64.2 Å². The minimum atomic E-state index is -0.564. The Morgan fingerprint density at radius 3 is 2.48 bits per heavy atom. The second kappa shape index (κ2) is 6.66. The summed E-state index contributed by atoms with van der Waals surface area (Å²) in [4.78, 5) is 26.3. The molecule has 2 aromatic carbocycles. The highest BCUT2D eigenvalue weighted by atomic mass is 35.5. The first-order chi connectivity index (χ1) is 11.9. The number of hydrogen-bond acceptors (Lipinski definition) is 4. The van der Waals surface area contributed by atoms with E-state index < -0.39 is 11.8 Å². The van der Waals surface area contributed by atoms with E-state index in [1.54, 1.807) is 43.3 Å². The molecule has 2 N–H and O–H groups in total. The molecule has 0 spiro atoms. The van der Waals surface area contributed by atoms with Gasteiger partial charge in [-0.1, -0.05) is 17.7 Å². The van der Waals surface area contributed by atoms with E-state index in [0.717, 1.165) is 0 Å². The summed E-state index contributed by atoms with van der Waals surface area (Å²) in [7, 11) is 0. The van der Waals surface area contributed by atoms with Gasteiger partial charge in [0.05, 0.1) is 5.69 Å². The summed E-state index contributed by atoms with van der Waals surface area (Å²) in [5.41, 5.74) is 1.72. The fourth-order valence-corrected chi connectivity index (χ4v) is 2.82. The maximum atomic E-state index is 12.8. The molecule has 5 nitrogen and oxygen atoms in total. The molecule has 3 rings (SSSR count). The number of thiocarbonyl (C=S) groups is 1. The van der Waals surface area contributed by atoms with Gasteiger partial charge in [0.15, 0.2) is 5.11 Å². The van der Waals surface area contributed by atoms with Gasteiger partial charge >= 0.3 is 0 Å². The normalized spacial score (nSPS) is 16.3. The maximum absolute atomic E-state index is 12.8. The molecule has 1 aliphatic heterocycles. The van der Waals surface area contributed by atoms with E-state index in [-0.39, 0.29) is 16.4 Å². The number of halogens is 1. The number of carbonyl (C=O) groups is 2. The first-order valence-corrected chi connectivity index (χ1v) is 8.12. The van der Waals surface area contributed by atoms with Crippen molar-refractivity contribution in [3.8, 4) is 5.75 Å². The number of amides is 2. The molecule has 0 atom stereocenters. The average Bonchev–Trinajstić information content (AvgIpc) is 2.56. The van der Waals surface area contributed by atoms with E-state index >= 15 is 0 Å². The quantitative estimate of drug-likeness (QED) is 0.482. The van der Waals surface area contributed by atoms with Crippen LogP contribution in [-0.4, -0.2) is 22.0 Å². The summed E-state index contributed by atoms with van der Waals surface area (Å²) in [6.07, 6.45) is 1.47. The number of hydrogen-bond donors (Lipinski definition) is 2. The van der Waals surface area contributed by atoms with Gasteiger partial charge in [-0.25, -0.2) is 0 Å². The van der Waals surface area contributed by atoms with Crippen LogP contribution in [0.4, 0.5) is 5.69 Å². The third-order valence-corrected chi connectivity index (χ3v) is 4.25. The Morgan fingerprint density at radius 1 is 1.16 bits per heavy atom. The van der Waals surface area contributed by atoms with Crippen molar-refractivity contribution in [3.63, 3.8) is 0 Å². The molecule has 25 heavy (non-hydrogen) atoms. The molecule has 1 heterocycles. The molecule has 1 saturated heterocycles. The van der Waals surface area contributed by atoms with Gasteiger partial charge in [-0.15, -0.1) is 0 Å². The highest BCUT2D eigenvalue weighted by molar-refractivity contribution is 7.80. The summed E-state index contributed by atoms with van der Waals surface area (Å²) >= 11 is 11.0. The number of nitrogens with zero attached hydrogens (tertiary/aromatic N) is 1. The lowest BCUT2D eigenvalue weighted by atomic mass is 10.0. The molecule has 0 radical (unpaired) electrons. The van der Waals surface area contributed by atoms with Crippen LogP contribution in [0.2, 0.25) is 5.02 Å². The fourth-order valence-electron chi connectivity index (χ4n) is 2.42. The molecule has 0 saturated carbocycles. The van der Waals surface area contributed by atoms with Gasteiger partial charge in [0.1, 0.15) is 11.3 Å². The average molecular weight is 373 g/mol. The highest BCUT2D eigenvalue weighted by Crippen LogP contribution is 2.24. The monoisotopic (exact) mass is 372 g/mol. The number of phenols is 1. The zero-order valence-corrected chi connectivity index (χ0v) is 14.7. The lowest BCUT2D eigenvalue weighted by Gasteiger charge is -2.29. The number of aromatic hydroxyl groups is 1. The summed E-state index contributed by atoms with van der Waals surface area (Å²) in [6, 6.07) is 11.4. The molecule has 0 aliphatic carbocycles. The van der Waals surface area contributed by atoms with Crippen LogP contribution in [-0.2, 0) is 9.59 Å². The van der Waals surface area contributed by atoms with E-state index in [2.05, 4.69) is 5.32 Å². The van der Waals surface area contributed by atoms with Crippen molar-refractivity contribution < 1.29 is 14.7 Å². The van der Waals surface area contributed by atoms with Crippen LogP contribution in [0, 0.1) is 6.92 Å². The number of aryl methyl sites for hydroxylation is 1. The van der Waals surface area contributed by atoms with Gasteiger partial charge in [-0.2, -0.15) is 0 Å². The Balaban J connectivity index is 2.01. The molecule has 2 amide bonds. The zero-order chi connectivity index (χ0) is 18.1. The number of rotatable bonds is 2. The van der Waals surface area contributed by atoms with Crippen LogP contribution in [0.5, 0.6) is 5.75 Å². The predicted octanol–water partition coefficient (Wildman–Crippen LogP) is 3.19. The third-order valence-electron chi connectivity index (χ3n) is 3.72. The lowest BCUT2D eigenvalue weighted by molar-refractivity contribution is -0.122. The largest absolute Gasteiger partial charge is 0.508 e. The third kappa shape index (κ3) is 3.40. The van der Waals surface area contributed by atoms with Crippen molar-refractivity contribution in [2.75, 3.05) is 4.90 Å². The SMILES string of the molecule is Cc1cc(C=C2C(=O)NC(=S)N(c3ccc(Cl)cc3)C2=O)ccc1O. The summed E-state index contributed by atoms with van der Waals surface area (Å²) < 4.78 is 0. The molecule has 126 valence electrons. The Bertz CT molecular complexity index is 922. The summed E-state index contributed by atoms with van der Waals surface area (Å²) in [6.45, 7) is 1.73. The highest BCUT2D eigenvalue weighted by Gasteiger charge is 2.34. The number of phenolic OH excluding ortho intramolecular Hbond substituents is 1. The van der Waals surface area contributed by atoms with Gasteiger partial charge in [0, 0.05) is 5.02 Å². The molecule has 0 aromatic heterocycles. The fraction of sp³-hybridized carbons (Fsp3) is 0.0556. The molecular weight excluding hydrogens is 360 g/mol. The topological polar surface area (TPSA) is 69.6 Å². The molecule has 7 heteroatoms. The molecule has 0 bridgehead atoms. The Labute approximate surface area is 154 Å². The van der Waals surface area contributed by atoms with E-state index in [0.29, 0.717) is 21.8 Å². The summed E-state index contributed by atoms with van der Waals surface area (Å²) in [5, 5.41) is 12.7. The van der Waals surface area contributed by atoms with E-state index in [1.165, 1.54) is 17.0 Å². The van der Waals surface area contributed by atoms with Gasteiger partial charge in [0.25, 0.3) is 11.8 Å². The van der Waals surface area contributed by atoms with Crippen molar-refractivity contribution in [1.82, 2.24) is 5.32 Å². The van der Waals surface area contributed by atoms with Gasteiger partial charge in [-0.3, -0.25) is 19.8 Å². The van der Waals surface area contributed by atoms with Gasteiger partial charge in [-0.05, 0) is 72.7 Å². The second-order valence-electron chi connectivity index (χ2n) is 5.48. The Morgan fingerprint density at radius 2 is 1.84 bits per heavy atom. The second-order valence-corrected chi connectivity index (χ2v) is 6.30. The first-order valence-electron chi connectivity index (χ1n) is 7.33. The van der Waals surface area contributed by atoms with Crippen molar-refractivity contribution in [2.45, 2.75) is 6.92 Å². The molecule has 1 fully saturated rings. The number of nitrogens with one attached hydrogen (secondary N) is 1. The van der Waals surface area contributed by atoms with Gasteiger partial charge < -0.3 is 5.11 Å². The predicted molar refractivity (Wildman–Crippen MR) is 100 cm³/mol. The van der Waals surface area contributed by atoms with Crippen LogP contribution in [0.3, 0.4) is 0 Å². The molecule has 0 unspecified atom stereocenters. The van der Waals surface area contributed by atoms with Crippen molar-refractivity contribution >= 4 is 52.5 Å². The molecule has 2 aromatic rings. The number of anilines is 1. The maximum Gasteiger partial charge on any atom is 0.270 e. The zero-order valence-electron chi connectivity index (χ0n) is 13.1. The van der Waals surface area contributed by atoms with E-state index in [4.69, 9.17) is 23.8 Å². The van der Waals surface area contributed by atoms with Crippen LogP contribution in [0.1, 0.15) is 11.1 Å². The lowest BCUT2D eigenvalue weighted by Crippen LogP contribution is -2.54. The minimum absolute atomic E-state index is 0.0105. The van der Waals surface area contributed by atoms with Crippen LogP contribution in [0.25, 0.3) is 6.08 Å². The van der Waals surface area contributed by atoms with Crippen molar-refractivity contribution in [1.29, 1.82) is 0 Å². The van der Waals surface area contributed by atoms with Crippen molar-refractivity contribution in [2.24, 2.45) is 0 Å². The minimum Gasteiger partial charge on any atom is -0.508 e. The molecular formula is C18H13ClN2O3S. The smallest absolute Gasteiger partial charge is 0.270 e.